The lowest BCUT2D eigenvalue weighted by molar-refractivity contribution is 0.563. The fourth-order valence-electron chi connectivity index (χ4n) is 0.880. The highest BCUT2D eigenvalue weighted by molar-refractivity contribution is 9.10. The van der Waals surface area contributed by atoms with E-state index in [0.717, 1.165) is 15.2 Å². The van der Waals surface area contributed by atoms with Crippen LogP contribution in [0.1, 0.15) is 0 Å². The zero-order valence-corrected chi connectivity index (χ0v) is 6.68. The Hall–Kier alpha value is -0.760. The van der Waals surface area contributed by atoms with Gasteiger partial charge in [-0.15, -0.1) is 0 Å². The summed E-state index contributed by atoms with van der Waals surface area (Å²) in [6, 6.07) is 5.92. The first-order valence-corrected chi connectivity index (χ1v) is 3.70. The number of hydrogen-bond acceptors (Lipinski definition) is 1. The number of halogens is 1. The molecule has 0 amide bonds. The Balaban J connectivity index is 2.86. The van der Waals surface area contributed by atoms with Crippen LogP contribution < -0.4 is 0 Å². The van der Waals surface area contributed by atoms with Gasteiger partial charge in [0.05, 0.1) is 6.26 Å². The van der Waals surface area contributed by atoms with Gasteiger partial charge < -0.3 is 4.42 Å². The molecule has 0 bridgehead atoms. The Labute approximate surface area is 66.8 Å². The summed E-state index contributed by atoms with van der Waals surface area (Å²) in [7, 11) is 0. The lowest BCUT2D eigenvalue weighted by Gasteiger charge is -1.86. The molecular weight excluding hydrogens is 192 g/mol. The average Bonchev–Trinajstić information content (AvgIpc) is 2.33. The summed E-state index contributed by atoms with van der Waals surface area (Å²) in [6.07, 6.45) is 4.43. The zero-order valence-electron chi connectivity index (χ0n) is 5.10. The van der Waals surface area contributed by atoms with Crippen molar-refractivity contribution >= 4 is 26.7 Å². The molecule has 0 atom stereocenters. The van der Waals surface area contributed by atoms with Crippen molar-refractivity contribution in [2.75, 3.05) is 0 Å². The Morgan fingerprint density at radius 1 is 1.40 bits per heavy atom. The van der Waals surface area contributed by atoms with Crippen LogP contribution in [-0.2, 0) is 0 Å². The van der Waals surface area contributed by atoms with Crippen molar-refractivity contribution < 1.29 is 4.42 Å². The molecule has 0 unspecified atom stereocenters. The Bertz CT molecular complexity index is 351. The van der Waals surface area contributed by atoms with Crippen molar-refractivity contribution in [2.24, 2.45) is 0 Å². The fraction of sp³-hybridized carbons (Fsp3) is 0. The molecule has 0 spiro atoms. The Morgan fingerprint density at radius 3 is 3.20 bits per heavy atom. The monoisotopic (exact) mass is 195 g/mol. The summed E-state index contributed by atoms with van der Waals surface area (Å²) in [5, 5.41) is 2.09. The molecule has 1 aromatic heterocycles. The third kappa shape index (κ3) is 0.847. The van der Waals surface area contributed by atoms with E-state index < -0.39 is 0 Å². The van der Waals surface area contributed by atoms with Crippen LogP contribution in [-0.4, -0.2) is 0 Å². The molecule has 10 heavy (non-hydrogen) atoms. The SMILES string of the molecule is Brc1ccc2[c]occ2c1. The average molecular weight is 196 g/mol. The molecule has 1 aromatic carbocycles. The predicted octanol–water partition coefficient (Wildman–Crippen LogP) is 3.00. The summed E-state index contributed by atoms with van der Waals surface area (Å²) in [4.78, 5) is 0. The van der Waals surface area contributed by atoms with Gasteiger partial charge in [-0.2, -0.15) is 0 Å². The van der Waals surface area contributed by atoms with Crippen LogP contribution in [0, 0.1) is 6.26 Å². The number of rotatable bonds is 0. The van der Waals surface area contributed by atoms with Crippen LogP contribution in [0.5, 0.6) is 0 Å². The van der Waals surface area contributed by atoms with Gasteiger partial charge in [0.15, 0.2) is 6.26 Å². The first-order chi connectivity index (χ1) is 4.86. The van der Waals surface area contributed by atoms with Crippen molar-refractivity contribution in [2.45, 2.75) is 0 Å². The third-order valence-corrected chi connectivity index (χ3v) is 1.86. The van der Waals surface area contributed by atoms with Crippen molar-refractivity contribution in [1.29, 1.82) is 0 Å². The van der Waals surface area contributed by atoms with E-state index in [9.17, 15) is 0 Å². The molecular formula is C8H4BrO. The van der Waals surface area contributed by atoms with Gasteiger partial charge in [-0.25, -0.2) is 0 Å². The van der Waals surface area contributed by atoms with Crippen molar-refractivity contribution in [3.05, 3.63) is 35.2 Å². The Morgan fingerprint density at radius 2 is 2.30 bits per heavy atom. The van der Waals surface area contributed by atoms with E-state index in [-0.39, 0.29) is 0 Å². The molecule has 0 saturated heterocycles. The van der Waals surface area contributed by atoms with Crippen LogP contribution in [0.4, 0.5) is 0 Å². The maximum atomic E-state index is 4.87. The van der Waals surface area contributed by atoms with Crippen molar-refractivity contribution in [1.82, 2.24) is 0 Å². The molecule has 2 heteroatoms. The van der Waals surface area contributed by atoms with Gasteiger partial charge in [0.1, 0.15) is 0 Å². The molecule has 2 aromatic rings. The molecule has 0 fully saturated rings. The lowest BCUT2D eigenvalue weighted by Crippen LogP contribution is -1.63. The van der Waals surface area contributed by atoms with Crippen LogP contribution >= 0.6 is 15.9 Å². The molecule has 0 aliphatic heterocycles. The molecule has 1 radical (unpaired) electrons. The van der Waals surface area contributed by atoms with Crippen LogP contribution in [0.15, 0.2) is 33.4 Å². The molecule has 0 N–H and O–H groups in total. The molecule has 1 nitrogen and oxygen atoms in total. The lowest BCUT2D eigenvalue weighted by atomic mass is 10.2. The normalized spacial score (nSPS) is 10.5. The van der Waals surface area contributed by atoms with Gasteiger partial charge in [0.2, 0.25) is 0 Å². The van der Waals surface area contributed by atoms with Crippen LogP contribution in [0.3, 0.4) is 0 Å². The summed E-state index contributed by atoms with van der Waals surface area (Å²) >= 11 is 3.36. The van der Waals surface area contributed by atoms with E-state index in [1.807, 2.05) is 18.2 Å². The number of fused-ring (bicyclic) bond motifs is 1. The first-order valence-electron chi connectivity index (χ1n) is 2.91. The van der Waals surface area contributed by atoms with E-state index >= 15 is 0 Å². The predicted molar refractivity (Wildman–Crippen MR) is 42.8 cm³/mol. The molecule has 0 aliphatic rings. The summed E-state index contributed by atoms with van der Waals surface area (Å²) < 4.78 is 5.94. The molecule has 0 aliphatic carbocycles. The topological polar surface area (TPSA) is 13.1 Å². The van der Waals surface area contributed by atoms with Crippen LogP contribution in [0.2, 0.25) is 0 Å². The van der Waals surface area contributed by atoms with Gasteiger partial charge in [0.25, 0.3) is 0 Å². The summed E-state index contributed by atoms with van der Waals surface area (Å²) in [5.74, 6) is 0. The molecule has 0 saturated carbocycles. The second-order valence-corrected chi connectivity index (χ2v) is 2.99. The van der Waals surface area contributed by atoms with Gasteiger partial charge in [-0.05, 0) is 18.2 Å². The molecule has 49 valence electrons. The third-order valence-electron chi connectivity index (χ3n) is 1.37. The minimum Gasteiger partial charge on any atom is -0.460 e. The second kappa shape index (κ2) is 2.13. The maximum absolute atomic E-state index is 4.87. The maximum Gasteiger partial charge on any atom is 0.177 e. The van der Waals surface area contributed by atoms with Crippen molar-refractivity contribution in [3.63, 3.8) is 0 Å². The smallest absolute Gasteiger partial charge is 0.177 e. The first kappa shape index (κ1) is 5.98. The largest absolute Gasteiger partial charge is 0.460 e. The number of hydrogen-bond donors (Lipinski definition) is 0. The highest BCUT2D eigenvalue weighted by atomic mass is 79.9. The molecule has 2 rings (SSSR count). The van der Waals surface area contributed by atoms with Gasteiger partial charge in [-0.3, -0.25) is 0 Å². The fourth-order valence-corrected chi connectivity index (χ4v) is 1.26. The molecule has 1 heterocycles. The van der Waals surface area contributed by atoms with Gasteiger partial charge in [-0.1, -0.05) is 15.9 Å². The second-order valence-electron chi connectivity index (χ2n) is 2.07. The van der Waals surface area contributed by atoms with Gasteiger partial charge >= 0.3 is 0 Å². The van der Waals surface area contributed by atoms with E-state index in [1.54, 1.807) is 6.26 Å². The van der Waals surface area contributed by atoms with E-state index in [2.05, 4.69) is 22.2 Å². The minimum atomic E-state index is 1.02. The van der Waals surface area contributed by atoms with Crippen LogP contribution in [0.25, 0.3) is 10.8 Å². The summed E-state index contributed by atoms with van der Waals surface area (Å²) in [5.41, 5.74) is 0. The van der Waals surface area contributed by atoms with Crippen molar-refractivity contribution in [3.8, 4) is 0 Å². The number of benzene rings is 1. The quantitative estimate of drug-likeness (QED) is 0.631. The van der Waals surface area contributed by atoms with Gasteiger partial charge in [0, 0.05) is 15.2 Å². The van der Waals surface area contributed by atoms with E-state index in [4.69, 9.17) is 4.42 Å². The Kier molecular flexibility index (Phi) is 1.27. The minimum absolute atomic E-state index is 1.02. The van der Waals surface area contributed by atoms with E-state index in [1.165, 1.54) is 0 Å². The highest BCUT2D eigenvalue weighted by Gasteiger charge is 1.94. The van der Waals surface area contributed by atoms with E-state index in [0.29, 0.717) is 0 Å². The zero-order chi connectivity index (χ0) is 6.97. The number of furan rings is 1. The summed E-state index contributed by atoms with van der Waals surface area (Å²) in [6.45, 7) is 0. The highest BCUT2D eigenvalue weighted by Crippen LogP contribution is 2.19. The standard InChI is InChI=1S/C8H4BrO/c9-8-2-1-6-4-10-5-7(6)3-8/h1-3,5H.